The zero-order chi connectivity index (χ0) is 20.1. The van der Waals surface area contributed by atoms with Crippen LogP contribution in [0.4, 0.5) is 10.2 Å². The summed E-state index contributed by atoms with van der Waals surface area (Å²) < 4.78 is 19.4. The van der Waals surface area contributed by atoms with Crippen molar-refractivity contribution in [3.63, 3.8) is 0 Å². The molecule has 5 rings (SSSR count). The summed E-state index contributed by atoms with van der Waals surface area (Å²) in [5.74, 6) is -0.418. The van der Waals surface area contributed by atoms with Crippen LogP contribution in [-0.2, 0) is 0 Å². The van der Waals surface area contributed by atoms with E-state index in [0.717, 1.165) is 5.56 Å². The summed E-state index contributed by atoms with van der Waals surface area (Å²) >= 11 is 0. The van der Waals surface area contributed by atoms with Crippen molar-refractivity contribution >= 4 is 22.7 Å². The van der Waals surface area contributed by atoms with Crippen LogP contribution in [0.5, 0.6) is 0 Å². The molecule has 0 radical (unpaired) electrons. The van der Waals surface area contributed by atoms with Gasteiger partial charge in [-0.15, -0.1) is 0 Å². The summed E-state index contributed by atoms with van der Waals surface area (Å²) in [5, 5.41) is 0.394. The number of aromatic nitrogens is 1. The average Bonchev–Trinajstić information content (AvgIpc) is 3.02. The van der Waals surface area contributed by atoms with E-state index < -0.39 is 17.8 Å². The largest absolute Gasteiger partial charge is 0.450 e. The molecule has 29 heavy (non-hydrogen) atoms. The van der Waals surface area contributed by atoms with Crippen LogP contribution >= 0.6 is 0 Å². The standard InChI is InChI=1S/C23H15FN2O3/c1-13-5-4-12-25-22(13)26-19(14-8-10-15(24)11-9-14)18-20(27)16-6-2-3-7-17(16)29-21(18)23(26)28/h2-12,19H,1H3. The first kappa shape index (κ1) is 17.3. The highest BCUT2D eigenvalue weighted by atomic mass is 19.1. The van der Waals surface area contributed by atoms with E-state index in [1.54, 1.807) is 48.7 Å². The first-order chi connectivity index (χ1) is 14.1. The average molecular weight is 386 g/mol. The second-order valence-electron chi connectivity index (χ2n) is 6.94. The lowest BCUT2D eigenvalue weighted by atomic mass is 9.98. The number of aryl methyl sites for hydroxylation is 1. The number of pyridine rings is 1. The first-order valence-corrected chi connectivity index (χ1v) is 9.12. The Kier molecular flexibility index (Phi) is 3.81. The number of carbonyl (C=O) groups is 1. The van der Waals surface area contributed by atoms with E-state index in [1.165, 1.54) is 17.0 Å². The van der Waals surface area contributed by atoms with Gasteiger partial charge in [0.25, 0.3) is 5.91 Å². The molecule has 5 nitrogen and oxygen atoms in total. The van der Waals surface area contributed by atoms with Gasteiger partial charge in [0, 0.05) is 6.20 Å². The number of amides is 1. The fourth-order valence-corrected chi connectivity index (χ4v) is 3.83. The fraction of sp³-hybridized carbons (Fsp3) is 0.0870. The second-order valence-corrected chi connectivity index (χ2v) is 6.94. The van der Waals surface area contributed by atoms with E-state index in [4.69, 9.17) is 4.42 Å². The fourth-order valence-electron chi connectivity index (χ4n) is 3.83. The molecule has 1 unspecified atom stereocenters. The lowest BCUT2D eigenvalue weighted by molar-refractivity contribution is 0.0970. The molecule has 1 amide bonds. The minimum atomic E-state index is -0.757. The van der Waals surface area contributed by atoms with Crippen molar-refractivity contribution in [2.24, 2.45) is 0 Å². The lowest BCUT2D eigenvalue weighted by Gasteiger charge is -2.25. The first-order valence-electron chi connectivity index (χ1n) is 9.12. The van der Waals surface area contributed by atoms with Crippen LogP contribution in [0, 0.1) is 12.7 Å². The van der Waals surface area contributed by atoms with Gasteiger partial charge in [-0.3, -0.25) is 14.5 Å². The molecule has 6 heteroatoms. The van der Waals surface area contributed by atoms with E-state index in [1.807, 2.05) is 13.0 Å². The van der Waals surface area contributed by atoms with Crippen molar-refractivity contribution in [1.29, 1.82) is 0 Å². The van der Waals surface area contributed by atoms with Crippen LogP contribution in [0.1, 0.15) is 33.3 Å². The SMILES string of the molecule is Cc1cccnc1N1C(=O)c2oc3ccccc3c(=O)c2C1c1ccc(F)cc1. The topological polar surface area (TPSA) is 63.4 Å². The van der Waals surface area contributed by atoms with Crippen molar-refractivity contribution in [2.75, 3.05) is 4.90 Å². The summed E-state index contributed by atoms with van der Waals surface area (Å²) in [7, 11) is 0. The molecule has 3 heterocycles. The molecule has 0 N–H and O–H groups in total. The number of fused-ring (bicyclic) bond motifs is 2. The number of anilines is 1. The van der Waals surface area contributed by atoms with Crippen molar-refractivity contribution in [3.8, 4) is 0 Å². The number of benzene rings is 2. The molecule has 2 aromatic carbocycles. The third kappa shape index (κ3) is 2.56. The predicted molar refractivity (Wildman–Crippen MR) is 107 cm³/mol. The van der Waals surface area contributed by atoms with Crippen LogP contribution in [0.3, 0.4) is 0 Å². The molecular formula is C23H15FN2O3. The molecule has 142 valence electrons. The molecule has 0 aliphatic carbocycles. The Labute approximate surface area is 165 Å². The molecule has 1 atom stereocenters. The van der Waals surface area contributed by atoms with Crippen LogP contribution in [0.2, 0.25) is 0 Å². The molecule has 0 saturated carbocycles. The van der Waals surface area contributed by atoms with Gasteiger partial charge in [0.05, 0.1) is 17.0 Å². The van der Waals surface area contributed by atoms with Gasteiger partial charge in [0.2, 0.25) is 5.76 Å². The van der Waals surface area contributed by atoms with E-state index in [9.17, 15) is 14.0 Å². The van der Waals surface area contributed by atoms with Crippen molar-refractivity contribution < 1.29 is 13.6 Å². The van der Waals surface area contributed by atoms with Gasteiger partial charge in [-0.05, 0) is 48.4 Å². The smallest absolute Gasteiger partial charge is 0.296 e. The zero-order valence-corrected chi connectivity index (χ0v) is 15.4. The molecule has 1 aliphatic rings. The summed E-state index contributed by atoms with van der Waals surface area (Å²) in [6.45, 7) is 1.84. The van der Waals surface area contributed by atoms with Gasteiger partial charge in [-0.25, -0.2) is 9.37 Å². The van der Waals surface area contributed by atoms with Gasteiger partial charge in [0.1, 0.15) is 17.2 Å². The Bertz CT molecular complexity index is 1330. The number of rotatable bonds is 2. The van der Waals surface area contributed by atoms with Gasteiger partial charge in [-0.1, -0.05) is 30.3 Å². The van der Waals surface area contributed by atoms with Crippen molar-refractivity contribution in [1.82, 2.24) is 4.98 Å². The lowest BCUT2D eigenvalue weighted by Crippen LogP contribution is -2.30. The summed E-state index contributed by atoms with van der Waals surface area (Å²) in [6.07, 6.45) is 1.59. The maximum Gasteiger partial charge on any atom is 0.296 e. The highest BCUT2D eigenvalue weighted by Crippen LogP contribution is 2.41. The van der Waals surface area contributed by atoms with Crippen LogP contribution < -0.4 is 10.3 Å². The molecule has 2 aromatic heterocycles. The van der Waals surface area contributed by atoms with Gasteiger partial charge in [-0.2, -0.15) is 0 Å². The Morgan fingerprint density at radius 3 is 2.52 bits per heavy atom. The summed E-state index contributed by atoms with van der Waals surface area (Å²) in [5.41, 5.74) is 1.69. The van der Waals surface area contributed by atoms with Crippen LogP contribution in [0.25, 0.3) is 11.0 Å². The molecule has 0 bridgehead atoms. The third-order valence-corrected chi connectivity index (χ3v) is 5.17. The predicted octanol–water partition coefficient (Wildman–Crippen LogP) is 4.39. The van der Waals surface area contributed by atoms with Crippen molar-refractivity contribution in [3.05, 3.63) is 105 Å². The Balaban J connectivity index is 1.84. The van der Waals surface area contributed by atoms with Gasteiger partial charge in [0.15, 0.2) is 5.43 Å². The molecule has 0 fully saturated rings. The molecular weight excluding hydrogens is 371 g/mol. The quantitative estimate of drug-likeness (QED) is 0.513. The summed E-state index contributed by atoms with van der Waals surface area (Å²) in [4.78, 5) is 32.5. The Morgan fingerprint density at radius 2 is 1.76 bits per heavy atom. The molecule has 0 saturated heterocycles. The number of carbonyl (C=O) groups excluding carboxylic acids is 1. The molecule has 4 aromatic rings. The van der Waals surface area contributed by atoms with Crippen LogP contribution in [-0.4, -0.2) is 10.9 Å². The number of halogens is 1. The van der Waals surface area contributed by atoms with E-state index in [2.05, 4.69) is 4.98 Å². The Hall–Kier alpha value is -3.80. The van der Waals surface area contributed by atoms with E-state index in [-0.39, 0.29) is 16.8 Å². The normalized spacial score (nSPS) is 15.7. The van der Waals surface area contributed by atoms with Crippen LogP contribution in [0.15, 0.2) is 76.1 Å². The molecule has 0 spiro atoms. The monoisotopic (exact) mass is 386 g/mol. The van der Waals surface area contributed by atoms with E-state index >= 15 is 0 Å². The zero-order valence-electron chi connectivity index (χ0n) is 15.4. The molecule has 1 aliphatic heterocycles. The number of nitrogens with zero attached hydrogens (tertiary/aromatic N) is 2. The maximum absolute atomic E-state index is 13.5. The summed E-state index contributed by atoms with van der Waals surface area (Å²) in [6, 6.07) is 15.4. The highest BCUT2D eigenvalue weighted by Gasteiger charge is 2.44. The maximum atomic E-state index is 13.5. The van der Waals surface area contributed by atoms with Crippen molar-refractivity contribution in [2.45, 2.75) is 13.0 Å². The number of hydrogen-bond donors (Lipinski definition) is 0. The number of hydrogen-bond acceptors (Lipinski definition) is 4. The highest BCUT2D eigenvalue weighted by molar-refractivity contribution is 6.10. The minimum Gasteiger partial charge on any atom is -0.450 e. The Morgan fingerprint density at radius 1 is 1.00 bits per heavy atom. The number of para-hydroxylation sites is 1. The third-order valence-electron chi connectivity index (χ3n) is 5.17. The van der Waals surface area contributed by atoms with E-state index in [0.29, 0.717) is 22.4 Å². The van der Waals surface area contributed by atoms with Gasteiger partial charge >= 0.3 is 0 Å². The minimum absolute atomic E-state index is 0.00641. The van der Waals surface area contributed by atoms with Gasteiger partial charge < -0.3 is 4.42 Å². The second kappa shape index (κ2) is 6.38.